The summed E-state index contributed by atoms with van der Waals surface area (Å²) in [5.74, 6) is 0.673. The molecule has 144 valence electrons. The van der Waals surface area contributed by atoms with Gasteiger partial charge in [0.1, 0.15) is 5.75 Å². The van der Waals surface area contributed by atoms with E-state index in [0.29, 0.717) is 16.3 Å². The molecule has 5 nitrogen and oxygen atoms in total. The van der Waals surface area contributed by atoms with Crippen molar-refractivity contribution in [1.29, 1.82) is 0 Å². The van der Waals surface area contributed by atoms with Crippen LogP contribution in [0.5, 0.6) is 5.75 Å². The number of likely N-dealkylation sites (tertiary alicyclic amines) is 1. The molecule has 28 heavy (non-hydrogen) atoms. The molecule has 1 unspecified atom stereocenters. The highest BCUT2D eigenvalue weighted by Gasteiger charge is 2.28. The second-order valence-corrected chi connectivity index (χ2v) is 7.36. The van der Waals surface area contributed by atoms with Gasteiger partial charge in [0.05, 0.1) is 17.3 Å². The molecule has 1 amide bonds. The average Bonchev–Trinajstić information content (AvgIpc) is 3.18. The molecule has 2 heterocycles. The van der Waals surface area contributed by atoms with Gasteiger partial charge in [0.15, 0.2) is 6.73 Å². The lowest BCUT2D eigenvalue weighted by atomic mass is 9.94. The second kappa shape index (κ2) is 8.48. The van der Waals surface area contributed by atoms with Gasteiger partial charge >= 0.3 is 0 Å². The topological polar surface area (TPSA) is 47.4 Å². The largest absolute Gasteiger partial charge is 0.471 e. The number of halogens is 1. The van der Waals surface area contributed by atoms with E-state index < -0.39 is 0 Å². The lowest BCUT2D eigenvalue weighted by Gasteiger charge is -2.36. The average molecular weight is 396 g/mol. The summed E-state index contributed by atoms with van der Waals surface area (Å²) in [6, 6.07) is 17.7. The van der Waals surface area contributed by atoms with E-state index in [2.05, 4.69) is 17.2 Å². The minimum atomic E-state index is 0.0427. The lowest BCUT2D eigenvalue weighted by molar-refractivity contribution is 0.0611. The van der Waals surface area contributed by atoms with Crippen LogP contribution in [-0.2, 0) is 6.73 Å². The minimum absolute atomic E-state index is 0.0427. The molecule has 1 aliphatic rings. The Kier molecular flexibility index (Phi) is 5.63. The fourth-order valence-corrected chi connectivity index (χ4v) is 3.79. The van der Waals surface area contributed by atoms with Crippen LogP contribution >= 0.6 is 11.6 Å². The van der Waals surface area contributed by atoms with E-state index in [-0.39, 0.29) is 18.7 Å². The Morgan fingerprint density at radius 2 is 2.00 bits per heavy atom. The fourth-order valence-electron chi connectivity index (χ4n) is 3.63. The molecule has 0 aliphatic carbocycles. The normalized spacial score (nSPS) is 16.8. The van der Waals surface area contributed by atoms with E-state index in [1.165, 1.54) is 5.56 Å². The van der Waals surface area contributed by atoms with Crippen LogP contribution in [-0.4, -0.2) is 27.1 Å². The maximum Gasteiger partial charge on any atom is 0.254 e. The number of rotatable bonds is 5. The Bertz CT molecular complexity index is 942. The molecule has 1 aromatic heterocycles. The van der Waals surface area contributed by atoms with E-state index in [0.717, 1.165) is 25.8 Å². The number of carbonyl (C=O) groups is 1. The molecule has 0 saturated carbocycles. The Morgan fingerprint density at radius 3 is 2.79 bits per heavy atom. The zero-order valence-electron chi connectivity index (χ0n) is 15.5. The summed E-state index contributed by atoms with van der Waals surface area (Å²) in [7, 11) is 0. The molecule has 0 spiro atoms. The SMILES string of the molecule is O=C(c1cccc(OCn2cc(Cl)cn2)c1)N1CCCCC1c1ccccc1. The van der Waals surface area contributed by atoms with Crippen molar-refractivity contribution in [3.8, 4) is 5.75 Å². The van der Waals surface area contributed by atoms with Crippen molar-refractivity contribution in [3.05, 3.63) is 83.1 Å². The molecule has 3 aromatic rings. The maximum absolute atomic E-state index is 13.2. The number of nitrogens with zero attached hydrogens (tertiary/aromatic N) is 3. The molecule has 0 N–H and O–H groups in total. The summed E-state index contributed by atoms with van der Waals surface area (Å²) in [5, 5.41) is 4.65. The molecule has 0 radical (unpaired) electrons. The van der Waals surface area contributed by atoms with Crippen molar-refractivity contribution < 1.29 is 9.53 Å². The van der Waals surface area contributed by atoms with E-state index >= 15 is 0 Å². The Hall–Kier alpha value is -2.79. The molecular weight excluding hydrogens is 374 g/mol. The van der Waals surface area contributed by atoms with Gasteiger partial charge in [-0.05, 0) is 43.0 Å². The smallest absolute Gasteiger partial charge is 0.254 e. The number of hydrogen-bond acceptors (Lipinski definition) is 3. The molecule has 1 aliphatic heterocycles. The molecule has 0 bridgehead atoms. The summed E-state index contributed by atoms with van der Waals surface area (Å²) in [6.07, 6.45) is 6.41. The van der Waals surface area contributed by atoms with Gasteiger partial charge in [0.25, 0.3) is 5.91 Å². The summed E-state index contributed by atoms with van der Waals surface area (Å²) < 4.78 is 7.37. The van der Waals surface area contributed by atoms with Crippen LogP contribution in [0.15, 0.2) is 67.0 Å². The number of amides is 1. The van der Waals surface area contributed by atoms with Crippen molar-refractivity contribution in [3.63, 3.8) is 0 Å². The quantitative estimate of drug-likeness (QED) is 0.614. The van der Waals surface area contributed by atoms with Crippen LogP contribution < -0.4 is 4.74 Å². The summed E-state index contributed by atoms with van der Waals surface area (Å²) in [6.45, 7) is 1.01. The van der Waals surface area contributed by atoms with Gasteiger partial charge in [0, 0.05) is 18.3 Å². The lowest BCUT2D eigenvalue weighted by Crippen LogP contribution is -2.38. The first-order valence-electron chi connectivity index (χ1n) is 9.47. The number of piperidine rings is 1. The minimum Gasteiger partial charge on any atom is -0.471 e. The molecule has 2 aromatic carbocycles. The highest BCUT2D eigenvalue weighted by molar-refractivity contribution is 6.30. The Labute approximate surface area is 169 Å². The van der Waals surface area contributed by atoms with E-state index in [4.69, 9.17) is 16.3 Å². The van der Waals surface area contributed by atoms with Gasteiger partial charge in [0.2, 0.25) is 0 Å². The molecule has 1 atom stereocenters. The van der Waals surface area contributed by atoms with Crippen LogP contribution in [0, 0.1) is 0 Å². The number of hydrogen-bond donors (Lipinski definition) is 0. The number of benzene rings is 2. The molecule has 1 fully saturated rings. The van der Waals surface area contributed by atoms with Crippen molar-refractivity contribution in [2.75, 3.05) is 6.54 Å². The van der Waals surface area contributed by atoms with Crippen LogP contribution in [0.1, 0.15) is 41.2 Å². The fraction of sp³-hybridized carbons (Fsp3) is 0.273. The van der Waals surface area contributed by atoms with Crippen LogP contribution in [0.25, 0.3) is 0 Å². The van der Waals surface area contributed by atoms with Crippen molar-refractivity contribution in [1.82, 2.24) is 14.7 Å². The third kappa shape index (κ3) is 4.20. The number of ether oxygens (including phenoxy) is 1. The highest BCUT2D eigenvalue weighted by atomic mass is 35.5. The van der Waals surface area contributed by atoms with Crippen molar-refractivity contribution in [2.24, 2.45) is 0 Å². The van der Waals surface area contributed by atoms with Gasteiger partial charge in [-0.1, -0.05) is 48.0 Å². The Balaban J connectivity index is 1.50. The van der Waals surface area contributed by atoms with Gasteiger partial charge in [-0.2, -0.15) is 5.10 Å². The van der Waals surface area contributed by atoms with Crippen LogP contribution in [0.2, 0.25) is 5.02 Å². The van der Waals surface area contributed by atoms with Gasteiger partial charge in [-0.3, -0.25) is 4.79 Å². The first-order valence-corrected chi connectivity index (χ1v) is 9.85. The summed E-state index contributed by atoms with van der Waals surface area (Å²) >= 11 is 5.87. The second-order valence-electron chi connectivity index (χ2n) is 6.92. The van der Waals surface area contributed by atoms with E-state index in [1.807, 2.05) is 41.3 Å². The van der Waals surface area contributed by atoms with Crippen LogP contribution in [0.3, 0.4) is 0 Å². The predicted molar refractivity (Wildman–Crippen MR) is 108 cm³/mol. The number of aromatic nitrogens is 2. The molecule has 1 saturated heterocycles. The van der Waals surface area contributed by atoms with Crippen LogP contribution in [0.4, 0.5) is 0 Å². The monoisotopic (exact) mass is 395 g/mol. The molecular formula is C22H22ClN3O2. The third-order valence-electron chi connectivity index (χ3n) is 4.99. The highest BCUT2D eigenvalue weighted by Crippen LogP contribution is 2.32. The van der Waals surface area contributed by atoms with Crippen molar-refractivity contribution >= 4 is 17.5 Å². The van der Waals surface area contributed by atoms with Gasteiger partial charge in [-0.25, -0.2) is 4.68 Å². The maximum atomic E-state index is 13.2. The Morgan fingerprint density at radius 1 is 1.14 bits per heavy atom. The summed E-state index contributed by atoms with van der Waals surface area (Å²) in [5.41, 5.74) is 1.83. The first-order chi connectivity index (χ1) is 13.7. The first kappa shape index (κ1) is 18.6. The zero-order valence-corrected chi connectivity index (χ0v) is 16.3. The summed E-state index contributed by atoms with van der Waals surface area (Å²) in [4.78, 5) is 15.2. The third-order valence-corrected chi connectivity index (χ3v) is 5.19. The van der Waals surface area contributed by atoms with E-state index in [1.54, 1.807) is 23.1 Å². The number of carbonyl (C=O) groups excluding carboxylic acids is 1. The van der Waals surface area contributed by atoms with Gasteiger partial charge < -0.3 is 9.64 Å². The predicted octanol–water partition coefficient (Wildman–Crippen LogP) is 4.94. The molecule has 4 rings (SSSR count). The van der Waals surface area contributed by atoms with Gasteiger partial charge in [-0.15, -0.1) is 0 Å². The van der Waals surface area contributed by atoms with E-state index in [9.17, 15) is 4.79 Å². The molecule has 6 heteroatoms. The van der Waals surface area contributed by atoms with Crippen molar-refractivity contribution in [2.45, 2.75) is 32.0 Å². The zero-order chi connectivity index (χ0) is 19.3. The standard InChI is InChI=1S/C22H22ClN3O2/c23-19-14-24-25(15-19)16-28-20-10-6-9-18(13-20)22(27)26-12-5-4-11-21(26)17-7-2-1-3-8-17/h1-3,6-10,13-15,21H,4-5,11-12,16H2.